The lowest BCUT2D eigenvalue weighted by atomic mass is 9.87. The van der Waals surface area contributed by atoms with Gasteiger partial charge in [0.2, 0.25) is 0 Å². The number of aliphatic hydroxyl groups is 1. The van der Waals surface area contributed by atoms with Gasteiger partial charge in [-0.25, -0.2) is 9.50 Å². The number of carbonyl (C=O) groups is 2. The lowest BCUT2D eigenvalue weighted by molar-refractivity contribution is -0.173. The monoisotopic (exact) mass is 518 g/mol. The highest BCUT2D eigenvalue weighted by Crippen LogP contribution is 2.42. The molecule has 2 fully saturated rings. The minimum absolute atomic E-state index is 0.0636. The number of anilines is 1. The molecule has 2 aromatic heterocycles. The highest BCUT2D eigenvalue weighted by Gasteiger charge is 2.56. The second-order valence-electron chi connectivity index (χ2n) is 11.2. The fourth-order valence-corrected chi connectivity index (χ4v) is 5.08. The van der Waals surface area contributed by atoms with Crippen LogP contribution in [0.1, 0.15) is 71.9 Å². The zero-order chi connectivity index (χ0) is 26.8. The van der Waals surface area contributed by atoms with Crippen molar-refractivity contribution in [3.8, 4) is 0 Å². The number of nitrogens with two attached hydrogens (primary N) is 1. The van der Waals surface area contributed by atoms with Crippen LogP contribution in [0.2, 0.25) is 0 Å². The minimum Gasteiger partial charge on any atom is -0.457 e. The SMILES string of the molecule is CC(C)(C)C(=O)OCOC[C@H]1O[C@@](C)(c2ccc3c(N)ncnn23)[C@H](O)[C@@H]1OC(=O)CC1CCCCC1. The zero-order valence-corrected chi connectivity index (χ0v) is 22.0. The Balaban J connectivity index is 1.51. The third-order valence-corrected chi connectivity index (χ3v) is 7.24. The molecular weight excluding hydrogens is 480 g/mol. The van der Waals surface area contributed by atoms with Crippen molar-refractivity contribution < 1.29 is 33.6 Å². The van der Waals surface area contributed by atoms with Crippen molar-refractivity contribution in [2.45, 2.75) is 90.1 Å². The molecule has 2 aromatic rings. The van der Waals surface area contributed by atoms with E-state index in [-0.39, 0.29) is 31.1 Å². The van der Waals surface area contributed by atoms with Crippen LogP contribution in [0.5, 0.6) is 0 Å². The lowest BCUT2D eigenvalue weighted by Gasteiger charge is -2.28. The number of hydrogen-bond acceptors (Lipinski definition) is 10. The molecule has 1 aliphatic heterocycles. The van der Waals surface area contributed by atoms with Crippen LogP contribution in [-0.2, 0) is 34.1 Å². The van der Waals surface area contributed by atoms with Gasteiger partial charge in [0.1, 0.15) is 29.7 Å². The number of carbonyl (C=O) groups excluding carboxylic acids is 2. The number of nitrogen functional groups attached to an aromatic ring is 1. The molecule has 4 atom stereocenters. The predicted molar refractivity (Wildman–Crippen MR) is 133 cm³/mol. The van der Waals surface area contributed by atoms with Crippen molar-refractivity contribution in [2.75, 3.05) is 19.1 Å². The summed E-state index contributed by atoms with van der Waals surface area (Å²) in [5.41, 5.74) is 5.12. The van der Waals surface area contributed by atoms with Crippen LogP contribution in [-0.4, -0.2) is 63.4 Å². The molecule has 0 unspecified atom stereocenters. The summed E-state index contributed by atoms with van der Waals surface area (Å²) in [6.45, 7) is 6.60. The molecule has 37 heavy (non-hydrogen) atoms. The van der Waals surface area contributed by atoms with E-state index < -0.39 is 35.3 Å². The van der Waals surface area contributed by atoms with Crippen LogP contribution >= 0.6 is 0 Å². The van der Waals surface area contributed by atoms with E-state index in [0.717, 1.165) is 25.7 Å². The second-order valence-corrected chi connectivity index (χ2v) is 11.2. The first-order valence-corrected chi connectivity index (χ1v) is 12.9. The first kappa shape index (κ1) is 27.3. The van der Waals surface area contributed by atoms with Gasteiger partial charge in [0, 0.05) is 6.42 Å². The second kappa shape index (κ2) is 10.9. The van der Waals surface area contributed by atoms with Crippen molar-refractivity contribution >= 4 is 23.3 Å². The highest BCUT2D eigenvalue weighted by atomic mass is 16.7. The fraction of sp³-hybridized carbons (Fsp3) is 0.692. The van der Waals surface area contributed by atoms with E-state index in [1.54, 1.807) is 44.3 Å². The van der Waals surface area contributed by atoms with Gasteiger partial charge in [-0.3, -0.25) is 9.59 Å². The van der Waals surface area contributed by atoms with Gasteiger partial charge in [-0.1, -0.05) is 19.3 Å². The standard InChI is InChI=1S/C26H38N4O7/c1-25(2,3)24(33)35-15-34-13-18-21(36-20(31)12-16-8-6-5-7-9-16)22(32)26(4,37-18)19-11-10-17-23(27)28-14-29-30(17)19/h10-11,14,16,18,21-22,32H,5-9,12-13,15H2,1-4H3,(H2,27,28,29)/t18-,21-,22-,26+/m1/s1. The molecule has 2 aliphatic rings. The number of aromatic nitrogens is 3. The van der Waals surface area contributed by atoms with E-state index in [1.807, 2.05) is 0 Å². The third-order valence-electron chi connectivity index (χ3n) is 7.24. The van der Waals surface area contributed by atoms with E-state index in [2.05, 4.69) is 10.1 Å². The van der Waals surface area contributed by atoms with E-state index in [4.69, 9.17) is 24.7 Å². The fourth-order valence-electron chi connectivity index (χ4n) is 5.08. The molecule has 0 radical (unpaired) electrons. The molecule has 4 rings (SSSR count). The molecular formula is C26H38N4O7. The summed E-state index contributed by atoms with van der Waals surface area (Å²) in [5, 5.41) is 15.7. The Bertz CT molecular complexity index is 1110. The lowest BCUT2D eigenvalue weighted by Crippen LogP contribution is -2.42. The Labute approximate surface area is 216 Å². The number of nitrogens with zero attached hydrogens (tertiary/aromatic N) is 3. The summed E-state index contributed by atoms with van der Waals surface area (Å²) in [5.74, 6) is -0.210. The summed E-state index contributed by atoms with van der Waals surface area (Å²) in [4.78, 5) is 29.0. The first-order chi connectivity index (χ1) is 17.5. The van der Waals surface area contributed by atoms with E-state index in [9.17, 15) is 14.7 Å². The molecule has 11 heteroatoms. The van der Waals surface area contributed by atoms with Crippen molar-refractivity contribution in [1.29, 1.82) is 0 Å². The molecule has 1 saturated carbocycles. The summed E-state index contributed by atoms with van der Waals surface area (Å²) in [6, 6.07) is 3.49. The van der Waals surface area contributed by atoms with E-state index in [1.165, 1.54) is 12.7 Å². The van der Waals surface area contributed by atoms with Crippen LogP contribution in [0, 0.1) is 11.3 Å². The Kier molecular flexibility index (Phi) is 8.05. The van der Waals surface area contributed by atoms with Crippen LogP contribution < -0.4 is 5.73 Å². The Hall–Kier alpha value is -2.76. The smallest absolute Gasteiger partial charge is 0.313 e. The summed E-state index contributed by atoms with van der Waals surface area (Å²) >= 11 is 0. The van der Waals surface area contributed by atoms with E-state index >= 15 is 0 Å². The Morgan fingerprint density at radius 1 is 1.24 bits per heavy atom. The Morgan fingerprint density at radius 2 is 1.97 bits per heavy atom. The molecule has 3 heterocycles. The van der Waals surface area contributed by atoms with Crippen molar-refractivity contribution in [3.63, 3.8) is 0 Å². The van der Waals surface area contributed by atoms with Crippen LogP contribution in [0.3, 0.4) is 0 Å². The van der Waals surface area contributed by atoms with Gasteiger partial charge in [-0.2, -0.15) is 5.10 Å². The van der Waals surface area contributed by atoms with Crippen molar-refractivity contribution in [3.05, 3.63) is 24.2 Å². The molecule has 0 amide bonds. The number of fused-ring (bicyclic) bond motifs is 1. The topological polar surface area (TPSA) is 148 Å². The van der Waals surface area contributed by atoms with Gasteiger partial charge in [-0.15, -0.1) is 0 Å². The van der Waals surface area contributed by atoms with E-state index in [0.29, 0.717) is 17.6 Å². The number of rotatable bonds is 8. The molecule has 0 aromatic carbocycles. The molecule has 204 valence electrons. The number of ether oxygens (including phenoxy) is 4. The maximum Gasteiger partial charge on any atom is 0.313 e. The van der Waals surface area contributed by atoms with Gasteiger partial charge in [0.15, 0.2) is 18.7 Å². The molecule has 0 bridgehead atoms. The van der Waals surface area contributed by atoms with Gasteiger partial charge < -0.3 is 29.8 Å². The number of aliphatic hydroxyl groups excluding tert-OH is 1. The van der Waals surface area contributed by atoms with Crippen LogP contribution in [0.15, 0.2) is 18.5 Å². The molecule has 0 spiro atoms. The average Bonchev–Trinajstić information content (AvgIpc) is 3.39. The zero-order valence-electron chi connectivity index (χ0n) is 22.0. The normalized spacial score (nSPS) is 26.9. The summed E-state index contributed by atoms with van der Waals surface area (Å²) in [7, 11) is 0. The molecule has 1 aliphatic carbocycles. The first-order valence-electron chi connectivity index (χ1n) is 12.9. The molecule has 11 nitrogen and oxygen atoms in total. The largest absolute Gasteiger partial charge is 0.457 e. The van der Waals surface area contributed by atoms with Crippen molar-refractivity contribution in [1.82, 2.24) is 14.6 Å². The summed E-state index contributed by atoms with van der Waals surface area (Å²) in [6.07, 6.45) is 4.01. The summed E-state index contributed by atoms with van der Waals surface area (Å²) < 4.78 is 24.5. The maximum absolute atomic E-state index is 12.9. The minimum atomic E-state index is -1.29. The van der Waals surface area contributed by atoms with Crippen molar-refractivity contribution in [2.24, 2.45) is 11.3 Å². The van der Waals surface area contributed by atoms with Crippen LogP contribution in [0.25, 0.3) is 5.52 Å². The molecule has 1 saturated heterocycles. The number of esters is 2. The maximum atomic E-state index is 12.9. The average molecular weight is 519 g/mol. The quantitative estimate of drug-likeness (QED) is 0.304. The third kappa shape index (κ3) is 5.89. The van der Waals surface area contributed by atoms with Gasteiger partial charge in [0.05, 0.1) is 17.7 Å². The predicted octanol–water partition coefficient (Wildman–Crippen LogP) is 2.73. The van der Waals surface area contributed by atoms with Gasteiger partial charge in [0.25, 0.3) is 0 Å². The number of hydrogen-bond donors (Lipinski definition) is 2. The van der Waals surface area contributed by atoms with Gasteiger partial charge in [-0.05, 0) is 58.6 Å². The highest BCUT2D eigenvalue weighted by molar-refractivity contribution is 5.75. The van der Waals surface area contributed by atoms with Crippen LogP contribution in [0.4, 0.5) is 5.82 Å². The molecule has 3 N–H and O–H groups in total. The Morgan fingerprint density at radius 3 is 2.68 bits per heavy atom. The van der Waals surface area contributed by atoms with Gasteiger partial charge >= 0.3 is 11.9 Å².